The van der Waals surface area contributed by atoms with Crippen LogP contribution in [0, 0.1) is 11.7 Å². The number of piperazine rings is 1. The first-order chi connectivity index (χ1) is 12.8. The van der Waals surface area contributed by atoms with E-state index in [9.17, 15) is 14.0 Å². The SMILES string of the molecule is CC(C)[C@H]1CN(c2cc(F)cc3ccoc23)CCN1.O=C(O)/C=C/C(=O)O. The van der Waals surface area contributed by atoms with Crippen LogP contribution in [0.25, 0.3) is 11.0 Å². The van der Waals surface area contributed by atoms with Crippen molar-refractivity contribution in [3.63, 3.8) is 0 Å². The van der Waals surface area contributed by atoms with Crippen LogP contribution in [0.4, 0.5) is 10.1 Å². The van der Waals surface area contributed by atoms with Crippen LogP contribution < -0.4 is 10.2 Å². The number of rotatable bonds is 4. The van der Waals surface area contributed by atoms with Crippen molar-refractivity contribution < 1.29 is 28.6 Å². The van der Waals surface area contributed by atoms with Crippen molar-refractivity contribution in [1.29, 1.82) is 0 Å². The van der Waals surface area contributed by atoms with E-state index in [2.05, 4.69) is 24.1 Å². The quantitative estimate of drug-likeness (QED) is 0.703. The van der Waals surface area contributed by atoms with Gasteiger partial charge in [0.05, 0.1) is 12.0 Å². The zero-order chi connectivity index (χ0) is 20.0. The second kappa shape index (κ2) is 9.18. The third-order valence-electron chi connectivity index (χ3n) is 4.22. The van der Waals surface area contributed by atoms with Gasteiger partial charge in [0.25, 0.3) is 0 Å². The highest BCUT2D eigenvalue weighted by Crippen LogP contribution is 2.30. The Morgan fingerprint density at radius 1 is 1.30 bits per heavy atom. The molecule has 0 amide bonds. The van der Waals surface area contributed by atoms with Crippen molar-refractivity contribution in [3.8, 4) is 0 Å². The Kier molecular flexibility index (Phi) is 6.95. The van der Waals surface area contributed by atoms with Gasteiger partial charge in [-0.3, -0.25) is 0 Å². The smallest absolute Gasteiger partial charge is 0.328 e. The predicted octanol–water partition coefficient (Wildman–Crippen LogP) is 2.72. The Morgan fingerprint density at radius 2 is 1.96 bits per heavy atom. The first-order valence-corrected chi connectivity index (χ1v) is 8.57. The fourth-order valence-electron chi connectivity index (χ4n) is 2.85. The van der Waals surface area contributed by atoms with Crippen molar-refractivity contribution in [3.05, 3.63) is 42.4 Å². The summed E-state index contributed by atoms with van der Waals surface area (Å²) in [7, 11) is 0. The number of aliphatic carboxylic acids is 2. The average molecular weight is 378 g/mol. The number of benzene rings is 1. The first kappa shape index (κ1) is 20.4. The highest BCUT2D eigenvalue weighted by Gasteiger charge is 2.24. The Balaban J connectivity index is 0.000000279. The molecule has 1 aliphatic rings. The minimum atomic E-state index is -1.26. The number of carboxylic acids is 2. The van der Waals surface area contributed by atoms with Gasteiger partial charge in [-0.05, 0) is 18.1 Å². The van der Waals surface area contributed by atoms with E-state index in [4.69, 9.17) is 14.6 Å². The van der Waals surface area contributed by atoms with Gasteiger partial charge in [0.2, 0.25) is 0 Å². The molecule has 2 heterocycles. The summed E-state index contributed by atoms with van der Waals surface area (Å²) in [6.45, 7) is 7.09. The molecule has 0 radical (unpaired) electrons. The Bertz CT molecular complexity index is 815. The lowest BCUT2D eigenvalue weighted by Crippen LogP contribution is -2.53. The minimum absolute atomic E-state index is 0.205. The molecule has 0 saturated carbocycles. The van der Waals surface area contributed by atoms with Crippen LogP contribution in [-0.2, 0) is 9.59 Å². The number of nitrogens with one attached hydrogen (secondary N) is 1. The maximum absolute atomic E-state index is 13.7. The zero-order valence-electron chi connectivity index (χ0n) is 15.2. The second-order valence-corrected chi connectivity index (χ2v) is 6.52. The number of nitrogens with zero attached hydrogens (tertiary/aromatic N) is 1. The Morgan fingerprint density at radius 3 is 2.56 bits per heavy atom. The highest BCUT2D eigenvalue weighted by atomic mass is 19.1. The summed E-state index contributed by atoms with van der Waals surface area (Å²) in [6.07, 6.45) is 2.74. The summed E-state index contributed by atoms with van der Waals surface area (Å²) in [5, 5.41) is 20.0. The minimum Gasteiger partial charge on any atom is -0.478 e. The molecular weight excluding hydrogens is 355 g/mol. The normalized spacial score (nSPS) is 17.2. The number of furan rings is 1. The summed E-state index contributed by atoms with van der Waals surface area (Å²) < 4.78 is 19.2. The molecule has 27 heavy (non-hydrogen) atoms. The molecule has 1 aliphatic heterocycles. The van der Waals surface area contributed by atoms with Gasteiger partial charge in [0.1, 0.15) is 5.82 Å². The first-order valence-electron chi connectivity index (χ1n) is 8.57. The van der Waals surface area contributed by atoms with E-state index in [-0.39, 0.29) is 5.82 Å². The number of hydrogen-bond donors (Lipinski definition) is 3. The van der Waals surface area contributed by atoms with Crippen molar-refractivity contribution >= 4 is 28.6 Å². The van der Waals surface area contributed by atoms with E-state index in [1.165, 1.54) is 6.07 Å². The van der Waals surface area contributed by atoms with Crippen LogP contribution in [0.1, 0.15) is 13.8 Å². The molecule has 1 saturated heterocycles. The molecule has 8 heteroatoms. The highest BCUT2D eigenvalue weighted by molar-refractivity contribution is 5.90. The van der Waals surface area contributed by atoms with Gasteiger partial charge in [-0.1, -0.05) is 13.8 Å². The van der Waals surface area contributed by atoms with Gasteiger partial charge in [0.15, 0.2) is 5.58 Å². The number of carbonyl (C=O) groups is 2. The largest absolute Gasteiger partial charge is 0.478 e. The molecule has 1 atom stereocenters. The molecule has 7 nitrogen and oxygen atoms in total. The van der Waals surface area contributed by atoms with Gasteiger partial charge >= 0.3 is 11.9 Å². The molecule has 1 aromatic heterocycles. The molecule has 1 aromatic carbocycles. The third-order valence-corrected chi connectivity index (χ3v) is 4.22. The maximum atomic E-state index is 13.7. The Labute approximate surface area is 156 Å². The van der Waals surface area contributed by atoms with E-state index in [1.54, 1.807) is 12.3 Å². The topological polar surface area (TPSA) is 103 Å². The number of halogens is 1. The lowest BCUT2D eigenvalue weighted by Gasteiger charge is -2.37. The predicted molar refractivity (Wildman–Crippen MR) is 99.4 cm³/mol. The van der Waals surface area contributed by atoms with E-state index < -0.39 is 11.9 Å². The van der Waals surface area contributed by atoms with E-state index in [0.29, 0.717) is 24.1 Å². The molecule has 0 spiro atoms. The van der Waals surface area contributed by atoms with Crippen LogP contribution in [0.5, 0.6) is 0 Å². The summed E-state index contributed by atoms with van der Waals surface area (Å²) in [4.78, 5) is 21.3. The molecule has 3 N–H and O–H groups in total. The van der Waals surface area contributed by atoms with Crippen molar-refractivity contribution in [2.24, 2.45) is 5.92 Å². The van der Waals surface area contributed by atoms with Crippen LogP contribution in [0.15, 0.2) is 41.0 Å². The van der Waals surface area contributed by atoms with Gasteiger partial charge in [-0.25, -0.2) is 14.0 Å². The molecular formula is C19H23FN2O5. The van der Waals surface area contributed by atoms with Crippen LogP contribution >= 0.6 is 0 Å². The van der Waals surface area contributed by atoms with E-state index in [1.807, 2.05) is 6.07 Å². The number of anilines is 1. The van der Waals surface area contributed by atoms with Gasteiger partial charge < -0.3 is 24.8 Å². The third kappa shape index (κ3) is 5.82. The van der Waals surface area contributed by atoms with Crippen molar-refractivity contribution in [2.75, 3.05) is 24.5 Å². The summed E-state index contributed by atoms with van der Waals surface area (Å²) >= 11 is 0. The average Bonchev–Trinajstić information content (AvgIpc) is 3.08. The Hall–Kier alpha value is -2.87. The van der Waals surface area contributed by atoms with Crippen LogP contribution in [0.2, 0.25) is 0 Å². The lowest BCUT2D eigenvalue weighted by molar-refractivity contribution is -0.134. The number of carboxylic acid groups (broad SMARTS) is 2. The summed E-state index contributed by atoms with van der Waals surface area (Å²) in [5.74, 6) is -2.16. The van der Waals surface area contributed by atoms with Crippen molar-refractivity contribution in [2.45, 2.75) is 19.9 Å². The standard InChI is InChI=1S/C15H19FN2O.C4H4O4/c1-10(2)13-9-18(5-4-17-13)14-8-12(16)7-11-3-6-19-15(11)14;5-3(6)1-2-4(7)8/h3,6-8,10,13,17H,4-5,9H2,1-2H3;1-2H,(H,5,6)(H,7,8)/b;2-1+/t13-;/m1./s1. The van der Waals surface area contributed by atoms with Crippen LogP contribution in [0.3, 0.4) is 0 Å². The number of fused-ring (bicyclic) bond motifs is 1. The van der Waals surface area contributed by atoms with Gasteiger partial charge in [0, 0.05) is 49.3 Å². The zero-order valence-corrected chi connectivity index (χ0v) is 15.2. The summed E-state index contributed by atoms with van der Waals surface area (Å²) in [6, 6.07) is 5.34. The molecule has 146 valence electrons. The van der Waals surface area contributed by atoms with Crippen LogP contribution in [-0.4, -0.2) is 47.8 Å². The monoisotopic (exact) mass is 378 g/mol. The summed E-state index contributed by atoms with van der Waals surface area (Å²) in [5.41, 5.74) is 1.65. The molecule has 0 aliphatic carbocycles. The van der Waals surface area contributed by atoms with Crippen molar-refractivity contribution in [1.82, 2.24) is 5.32 Å². The van der Waals surface area contributed by atoms with Gasteiger partial charge in [-0.15, -0.1) is 0 Å². The van der Waals surface area contributed by atoms with E-state index in [0.717, 1.165) is 36.3 Å². The molecule has 0 bridgehead atoms. The molecule has 2 aromatic rings. The van der Waals surface area contributed by atoms with E-state index >= 15 is 0 Å². The molecule has 3 rings (SSSR count). The molecule has 1 fully saturated rings. The van der Waals surface area contributed by atoms with Gasteiger partial charge in [-0.2, -0.15) is 0 Å². The lowest BCUT2D eigenvalue weighted by atomic mass is 10.0. The number of hydrogen-bond acceptors (Lipinski definition) is 5. The molecule has 0 unspecified atom stereocenters. The fourth-order valence-corrected chi connectivity index (χ4v) is 2.85. The fraction of sp³-hybridized carbons (Fsp3) is 0.368. The maximum Gasteiger partial charge on any atom is 0.328 e. The second-order valence-electron chi connectivity index (χ2n) is 6.52.